The molecular weight excluding hydrogens is 331 g/mol. The fourth-order valence-electron chi connectivity index (χ4n) is 2.21. The SMILES string of the molecule is O=C(NC(=NCc1cccnc1)Nc1ccccc1)c1ccc(F)cc1. The Morgan fingerprint density at radius 3 is 2.46 bits per heavy atom. The number of hydrogen-bond acceptors (Lipinski definition) is 3. The summed E-state index contributed by atoms with van der Waals surface area (Å²) in [5, 5.41) is 5.81. The second-order valence-electron chi connectivity index (χ2n) is 5.48. The number of hydrogen-bond donors (Lipinski definition) is 2. The van der Waals surface area contributed by atoms with Gasteiger partial charge < -0.3 is 5.32 Å². The van der Waals surface area contributed by atoms with E-state index in [2.05, 4.69) is 20.6 Å². The van der Waals surface area contributed by atoms with E-state index in [1.807, 2.05) is 42.5 Å². The standard InChI is InChI=1S/C20H17FN4O/c21-17-10-8-16(9-11-17)19(26)25-20(24-18-6-2-1-3-7-18)23-14-15-5-4-12-22-13-15/h1-13H,14H2,(H2,23,24,25,26). The van der Waals surface area contributed by atoms with Gasteiger partial charge in [-0.25, -0.2) is 9.38 Å². The van der Waals surface area contributed by atoms with Gasteiger partial charge in [-0.3, -0.25) is 15.1 Å². The number of carbonyl (C=O) groups is 1. The normalized spacial score (nSPS) is 11.0. The summed E-state index contributed by atoms with van der Waals surface area (Å²) < 4.78 is 13.0. The van der Waals surface area contributed by atoms with Crippen molar-refractivity contribution < 1.29 is 9.18 Å². The number of aliphatic imine (C=N–C) groups is 1. The third kappa shape index (κ3) is 4.98. The monoisotopic (exact) mass is 348 g/mol. The van der Waals surface area contributed by atoms with Gasteiger partial charge in [0, 0.05) is 23.6 Å². The van der Waals surface area contributed by atoms with E-state index in [0.717, 1.165) is 11.3 Å². The van der Waals surface area contributed by atoms with Crippen molar-refractivity contribution in [1.29, 1.82) is 0 Å². The Labute approximate surface area is 150 Å². The maximum absolute atomic E-state index is 13.0. The second kappa shape index (κ2) is 8.53. The van der Waals surface area contributed by atoms with Crippen LogP contribution < -0.4 is 10.6 Å². The summed E-state index contributed by atoms with van der Waals surface area (Å²) in [4.78, 5) is 20.9. The van der Waals surface area contributed by atoms with Gasteiger partial charge in [-0.2, -0.15) is 0 Å². The summed E-state index contributed by atoms with van der Waals surface area (Å²) in [6.45, 7) is 0.354. The Hall–Kier alpha value is -3.54. The minimum absolute atomic E-state index is 0.300. The highest BCUT2D eigenvalue weighted by Crippen LogP contribution is 2.07. The van der Waals surface area contributed by atoms with Crippen molar-refractivity contribution in [3.05, 3.63) is 96.1 Å². The van der Waals surface area contributed by atoms with E-state index in [9.17, 15) is 9.18 Å². The average molecular weight is 348 g/mol. The molecule has 0 bridgehead atoms. The van der Waals surface area contributed by atoms with Gasteiger partial charge in [0.15, 0.2) is 0 Å². The number of halogens is 1. The maximum atomic E-state index is 13.0. The molecule has 3 rings (SSSR count). The summed E-state index contributed by atoms with van der Waals surface area (Å²) >= 11 is 0. The maximum Gasteiger partial charge on any atom is 0.257 e. The zero-order valence-corrected chi connectivity index (χ0v) is 13.9. The van der Waals surface area contributed by atoms with Crippen molar-refractivity contribution >= 4 is 17.6 Å². The Morgan fingerprint density at radius 1 is 1.00 bits per heavy atom. The zero-order chi connectivity index (χ0) is 18.2. The van der Waals surface area contributed by atoms with Gasteiger partial charge in [-0.05, 0) is 48.0 Å². The van der Waals surface area contributed by atoms with Crippen LogP contribution in [0.2, 0.25) is 0 Å². The Kier molecular flexibility index (Phi) is 5.67. The molecular formula is C20H17FN4O. The van der Waals surface area contributed by atoms with Crippen molar-refractivity contribution in [2.75, 3.05) is 5.32 Å². The minimum Gasteiger partial charge on any atom is -0.326 e. The van der Waals surface area contributed by atoms with Gasteiger partial charge in [-0.1, -0.05) is 24.3 Å². The lowest BCUT2D eigenvalue weighted by molar-refractivity contribution is 0.0977. The summed E-state index contributed by atoms with van der Waals surface area (Å²) in [5.41, 5.74) is 2.04. The van der Waals surface area contributed by atoms with Crippen LogP contribution in [0.25, 0.3) is 0 Å². The van der Waals surface area contributed by atoms with Crippen molar-refractivity contribution in [1.82, 2.24) is 10.3 Å². The van der Waals surface area contributed by atoms with Crippen LogP contribution in [0.15, 0.2) is 84.1 Å². The zero-order valence-electron chi connectivity index (χ0n) is 13.9. The van der Waals surface area contributed by atoms with Crippen LogP contribution in [0.4, 0.5) is 10.1 Å². The molecule has 0 aliphatic heterocycles. The van der Waals surface area contributed by atoms with E-state index in [-0.39, 0.29) is 5.91 Å². The molecule has 2 aromatic carbocycles. The summed E-state index contributed by atoms with van der Waals surface area (Å²) in [6, 6.07) is 18.4. The van der Waals surface area contributed by atoms with Crippen molar-refractivity contribution in [3.8, 4) is 0 Å². The molecule has 5 nitrogen and oxygen atoms in total. The third-order valence-corrected chi connectivity index (χ3v) is 3.52. The number of anilines is 1. The quantitative estimate of drug-likeness (QED) is 0.559. The van der Waals surface area contributed by atoms with E-state index in [1.54, 1.807) is 12.4 Å². The van der Waals surface area contributed by atoms with E-state index in [0.29, 0.717) is 18.1 Å². The van der Waals surface area contributed by atoms with Gasteiger partial charge in [0.1, 0.15) is 5.82 Å². The van der Waals surface area contributed by atoms with Crippen molar-refractivity contribution in [2.45, 2.75) is 6.54 Å². The number of carbonyl (C=O) groups excluding carboxylic acids is 1. The van der Waals surface area contributed by atoms with E-state index >= 15 is 0 Å². The van der Waals surface area contributed by atoms with Gasteiger partial charge in [0.05, 0.1) is 6.54 Å². The Morgan fingerprint density at radius 2 is 1.77 bits per heavy atom. The fourth-order valence-corrected chi connectivity index (χ4v) is 2.21. The molecule has 1 aromatic heterocycles. The molecule has 0 spiro atoms. The van der Waals surface area contributed by atoms with E-state index in [1.165, 1.54) is 24.3 Å². The smallest absolute Gasteiger partial charge is 0.257 e. The molecule has 130 valence electrons. The predicted molar refractivity (Wildman–Crippen MR) is 99.3 cm³/mol. The van der Waals surface area contributed by atoms with Crippen LogP contribution in [0, 0.1) is 5.82 Å². The Balaban J connectivity index is 1.77. The number of benzene rings is 2. The number of rotatable bonds is 4. The summed E-state index contributed by atoms with van der Waals surface area (Å²) in [5.74, 6) is -0.470. The van der Waals surface area contributed by atoms with Crippen molar-refractivity contribution in [2.24, 2.45) is 4.99 Å². The van der Waals surface area contributed by atoms with Gasteiger partial charge >= 0.3 is 0 Å². The molecule has 0 fully saturated rings. The minimum atomic E-state index is -0.394. The molecule has 0 saturated carbocycles. The van der Waals surface area contributed by atoms with E-state index in [4.69, 9.17) is 0 Å². The number of para-hydroxylation sites is 1. The highest BCUT2D eigenvalue weighted by atomic mass is 19.1. The van der Waals surface area contributed by atoms with Crippen LogP contribution in [-0.2, 0) is 6.54 Å². The number of nitrogens with zero attached hydrogens (tertiary/aromatic N) is 2. The second-order valence-corrected chi connectivity index (χ2v) is 5.48. The first-order valence-electron chi connectivity index (χ1n) is 8.03. The average Bonchev–Trinajstić information content (AvgIpc) is 2.68. The highest BCUT2D eigenvalue weighted by Gasteiger charge is 2.09. The molecule has 0 saturated heterocycles. The fraction of sp³-hybridized carbons (Fsp3) is 0.0500. The number of amides is 1. The lowest BCUT2D eigenvalue weighted by Crippen LogP contribution is -2.36. The van der Waals surface area contributed by atoms with Crippen molar-refractivity contribution in [3.63, 3.8) is 0 Å². The molecule has 6 heteroatoms. The topological polar surface area (TPSA) is 66.4 Å². The molecule has 0 atom stereocenters. The predicted octanol–water partition coefficient (Wildman–Crippen LogP) is 3.62. The number of guanidine groups is 1. The first kappa shape index (κ1) is 17.3. The van der Waals surface area contributed by atoms with Gasteiger partial charge in [0.25, 0.3) is 5.91 Å². The number of aromatic nitrogens is 1. The number of pyridine rings is 1. The summed E-state index contributed by atoms with van der Waals surface area (Å²) in [6.07, 6.45) is 3.40. The molecule has 0 aliphatic carbocycles. The molecule has 0 aliphatic rings. The molecule has 2 N–H and O–H groups in total. The van der Waals surface area contributed by atoms with Crippen LogP contribution in [0.5, 0.6) is 0 Å². The molecule has 3 aromatic rings. The van der Waals surface area contributed by atoms with Crippen LogP contribution in [0.3, 0.4) is 0 Å². The Bertz CT molecular complexity index is 881. The highest BCUT2D eigenvalue weighted by molar-refractivity contribution is 6.09. The van der Waals surface area contributed by atoms with Crippen LogP contribution >= 0.6 is 0 Å². The summed E-state index contributed by atoms with van der Waals surface area (Å²) in [7, 11) is 0. The van der Waals surface area contributed by atoms with Gasteiger partial charge in [-0.15, -0.1) is 0 Å². The molecule has 1 heterocycles. The first-order valence-corrected chi connectivity index (χ1v) is 8.03. The molecule has 26 heavy (non-hydrogen) atoms. The third-order valence-electron chi connectivity index (χ3n) is 3.52. The molecule has 0 unspecified atom stereocenters. The lowest BCUT2D eigenvalue weighted by Gasteiger charge is -2.12. The molecule has 1 amide bonds. The first-order chi connectivity index (χ1) is 12.7. The number of nitrogens with one attached hydrogen (secondary N) is 2. The lowest BCUT2D eigenvalue weighted by atomic mass is 10.2. The molecule has 0 radical (unpaired) electrons. The van der Waals surface area contributed by atoms with E-state index < -0.39 is 5.82 Å². The van der Waals surface area contributed by atoms with Crippen LogP contribution in [-0.4, -0.2) is 16.9 Å². The van der Waals surface area contributed by atoms with Gasteiger partial charge in [0.2, 0.25) is 5.96 Å². The largest absolute Gasteiger partial charge is 0.326 e. The van der Waals surface area contributed by atoms with Crippen LogP contribution in [0.1, 0.15) is 15.9 Å².